The Morgan fingerprint density at radius 1 is 0.952 bits per heavy atom. The van der Waals surface area contributed by atoms with Crippen molar-refractivity contribution < 1.29 is 0 Å². The van der Waals surface area contributed by atoms with Crippen LogP contribution in [0.3, 0.4) is 0 Å². The second-order valence-corrected chi connectivity index (χ2v) is 5.90. The molecule has 0 amide bonds. The fourth-order valence-electron chi connectivity index (χ4n) is 2.96. The van der Waals surface area contributed by atoms with Crippen molar-refractivity contribution in [2.45, 2.75) is 52.4 Å². The summed E-state index contributed by atoms with van der Waals surface area (Å²) in [4.78, 5) is 4.91. The van der Waals surface area contributed by atoms with Crippen LogP contribution in [0.4, 0.5) is 11.4 Å². The molecule has 2 rings (SSSR count). The largest absolute Gasteiger partial charge is 0.352 e. The molecule has 1 aliphatic rings. The number of fused-ring (bicyclic) bond motifs is 1. The summed E-state index contributed by atoms with van der Waals surface area (Å²) in [6.45, 7) is 7.69. The van der Waals surface area contributed by atoms with Gasteiger partial charge in [-0.05, 0) is 31.0 Å². The molecule has 0 N–H and O–H groups in total. The van der Waals surface area contributed by atoms with Crippen LogP contribution in [0.5, 0.6) is 0 Å². The molecule has 3 heteroatoms. The van der Waals surface area contributed by atoms with E-state index in [1.54, 1.807) is 0 Å². The fraction of sp³-hybridized carbons (Fsp3) is 0.611. The molecule has 0 aromatic heterocycles. The van der Waals surface area contributed by atoms with Crippen molar-refractivity contribution in [1.29, 1.82) is 5.26 Å². The Morgan fingerprint density at radius 3 is 2.14 bits per heavy atom. The number of hydrogen-bond donors (Lipinski definition) is 0. The first kappa shape index (κ1) is 15.7. The number of nitriles is 1. The zero-order valence-electron chi connectivity index (χ0n) is 13.4. The average molecular weight is 285 g/mol. The van der Waals surface area contributed by atoms with E-state index in [2.05, 4.69) is 41.8 Å². The monoisotopic (exact) mass is 285 g/mol. The molecule has 0 fully saturated rings. The van der Waals surface area contributed by atoms with Crippen molar-refractivity contribution in [2.24, 2.45) is 0 Å². The molecule has 0 unspecified atom stereocenters. The summed E-state index contributed by atoms with van der Waals surface area (Å²) in [5, 5.41) is 9.13. The van der Waals surface area contributed by atoms with Crippen LogP contribution in [0.25, 0.3) is 0 Å². The quantitative estimate of drug-likeness (QED) is 0.658. The molecule has 0 spiro atoms. The first-order valence-corrected chi connectivity index (χ1v) is 8.34. The van der Waals surface area contributed by atoms with Crippen LogP contribution in [-0.4, -0.2) is 19.8 Å². The molecule has 3 nitrogen and oxygen atoms in total. The van der Waals surface area contributed by atoms with Crippen LogP contribution >= 0.6 is 0 Å². The van der Waals surface area contributed by atoms with Crippen molar-refractivity contribution >= 4 is 11.4 Å². The highest BCUT2D eigenvalue weighted by Crippen LogP contribution is 2.37. The standard InChI is InChI=1S/C18H27N3/c1-3-5-7-11-20-15-21(12-8-6-4-2)18-13-16(14-19)9-10-17(18)20/h9-10,13H,3-8,11-12,15H2,1-2H3. The molecule has 1 aromatic carbocycles. The Hall–Kier alpha value is -1.69. The van der Waals surface area contributed by atoms with Crippen LogP contribution in [0, 0.1) is 11.3 Å². The van der Waals surface area contributed by atoms with Crippen molar-refractivity contribution in [2.75, 3.05) is 29.6 Å². The molecule has 114 valence electrons. The van der Waals surface area contributed by atoms with Gasteiger partial charge < -0.3 is 9.80 Å². The van der Waals surface area contributed by atoms with Gasteiger partial charge in [0.15, 0.2) is 0 Å². The minimum absolute atomic E-state index is 0.768. The van der Waals surface area contributed by atoms with E-state index in [-0.39, 0.29) is 0 Å². The Balaban J connectivity index is 2.10. The zero-order chi connectivity index (χ0) is 15.1. The van der Waals surface area contributed by atoms with Gasteiger partial charge in [-0.3, -0.25) is 0 Å². The number of rotatable bonds is 8. The summed E-state index contributed by atoms with van der Waals surface area (Å²) >= 11 is 0. The highest BCUT2D eigenvalue weighted by atomic mass is 15.4. The zero-order valence-corrected chi connectivity index (χ0v) is 13.4. The summed E-state index contributed by atoms with van der Waals surface area (Å²) < 4.78 is 0. The van der Waals surface area contributed by atoms with E-state index in [9.17, 15) is 0 Å². The van der Waals surface area contributed by atoms with Gasteiger partial charge in [0.25, 0.3) is 0 Å². The molecule has 0 aliphatic carbocycles. The maximum Gasteiger partial charge on any atom is 0.0992 e. The van der Waals surface area contributed by atoms with E-state index in [0.717, 1.165) is 25.3 Å². The lowest BCUT2D eigenvalue weighted by atomic mass is 10.1. The first-order valence-electron chi connectivity index (χ1n) is 8.34. The lowest BCUT2D eigenvalue weighted by molar-refractivity contribution is 0.651. The summed E-state index contributed by atoms with van der Waals surface area (Å²) in [6.07, 6.45) is 7.55. The predicted molar refractivity (Wildman–Crippen MR) is 89.8 cm³/mol. The summed E-state index contributed by atoms with van der Waals surface area (Å²) in [5.41, 5.74) is 3.33. The van der Waals surface area contributed by atoms with Crippen LogP contribution < -0.4 is 9.80 Å². The van der Waals surface area contributed by atoms with Gasteiger partial charge in [-0.25, -0.2) is 0 Å². The van der Waals surface area contributed by atoms with E-state index in [0.29, 0.717) is 0 Å². The molecule has 0 atom stereocenters. The predicted octanol–water partition coefficient (Wildman–Crippen LogP) is 4.52. The maximum atomic E-state index is 9.13. The Morgan fingerprint density at radius 2 is 1.57 bits per heavy atom. The van der Waals surface area contributed by atoms with Crippen LogP contribution in [0.2, 0.25) is 0 Å². The third-order valence-electron chi connectivity index (χ3n) is 4.19. The van der Waals surface area contributed by atoms with Gasteiger partial charge in [-0.1, -0.05) is 39.5 Å². The smallest absolute Gasteiger partial charge is 0.0992 e. The van der Waals surface area contributed by atoms with Gasteiger partial charge in [0, 0.05) is 13.1 Å². The minimum atomic E-state index is 0.768. The summed E-state index contributed by atoms with van der Waals surface area (Å²) in [7, 11) is 0. The van der Waals surface area contributed by atoms with Gasteiger partial charge in [0.1, 0.15) is 0 Å². The Kier molecular flexibility index (Phi) is 5.92. The number of anilines is 2. The van der Waals surface area contributed by atoms with Crippen LogP contribution in [0.1, 0.15) is 57.9 Å². The summed E-state index contributed by atoms with van der Waals surface area (Å²) in [5.74, 6) is 0. The van der Waals surface area contributed by atoms with E-state index in [1.165, 1.54) is 49.9 Å². The number of nitrogens with zero attached hydrogens (tertiary/aromatic N) is 3. The molecule has 0 bridgehead atoms. The third-order valence-corrected chi connectivity index (χ3v) is 4.19. The molecule has 1 aliphatic heterocycles. The lowest BCUT2D eigenvalue weighted by Crippen LogP contribution is -2.32. The summed E-state index contributed by atoms with van der Waals surface area (Å²) in [6, 6.07) is 8.39. The van der Waals surface area contributed by atoms with Gasteiger partial charge in [0.2, 0.25) is 0 Å². The van der Waals surface area contributed by atoms with E-state index in [4.69, 9.17) is 5.26 Å². The number of hydrogen-bond acceptors (Lipinski definition) is 3. The van der Waals surface area contributed by atoms with Gasteiger partial charge >= 0.3 is 0 Å². The van der Waals surface area contributed by atoms with E-state index < -0.39 is 0 Å². The Bertz CT molecular complexity index is 490. The van der Waals surface area contributed by atoms with Crippen LogP contribution in [-0.2, 0) is 0 Å². The van der Waals surface area contributed by atoms with Crippen LogP contribution in [0.15, 0.2) is 18.2 Å². The highest BCUT2D eigenvalue weighted by Gasteiger charge is 2.25. The number of benzene rings is 1. The number of unbranched alkanes of at least 4 members (excludes halogenated alkanes) is 4. The molecule has 21 heavy (non-hydrogen) atoms. The Labute approximate surface area is 129 Å². The second kappa shape index (κ2) is 7.93. The van der Waals surface area contributed by atoms with E-state index in [1.807, 2.05) is 6.07 Å². The second-order valence-electron chi connectivity index (χ2n) is 5.90. The van der Waals surface area contributed by atoms with Crippen molar-refractivity contribution in [3.8, 4) is 6.07 Å². The van der Waals surface area contributed by atoms with Crippen molar-refractivity contribution in [1.82, 2.24) is 0 Å². The van der Waals surface area contributed by atoms with E-state index >= 15 is 0 Å². The molecule has 0 saturated carbocycles. The average Bonchev–Trinajstić information content (AvgIpc) is 2.85. The normalized spacial score (nSPS) is 13.4. The van der Waals surface area contributed by atoms with Gasteiger partial charge in [-0.2, -0.15) is 5.26 Å². The molecule has 1 aromatic rings. The topological polar surface area (TPSA) is 30.3 Å². The molecule has 0 saturated heterocycles. The highest BCUT2D eigenvalue weighted by molar-refractivity contribution is 5.77. The third kappa shape index (κ3) is 3.91. The van der Waals surface area contributed by atoms with Crippen molar-refractivity contribution in [3.05, 3.63) is 23.8 Å². The molecular formula is C18H27N3. The fourth-order valence-corrected chi connectivity index (χ4v) is 2.96. The maximum absolute atomic E-state index is 9.13. The molecular weight excluding hydrogens is 258 g/mol. The first-order chi connectivity index (χ1) is 10.3. The van der Waals surface area contributed by atoms with Gasteiger partial charge in [0.05, 0.1) is 29.7 Å². The minimum Gasteiger partial charge on any atom is -0.352 e. The molecule has 0 radical (unpaired) electrons. The van der Waals surface area contributed by atoms with Crippen molar-refractivity contribution in [3.63, 3.8) is 0 Å². The SMILES string of the molecule is CCCCCN1CN(CCCCC)c2cc(C#N)ccc21. The lowest BCUT2D eigenvalue weighted by Gasteiger charge is -2.21. The molecule has 1 heterocycles. The van der Waals surface area contributed by atoms with Gasteiger partial charge in [-0.15, -0.1) is 0 Å².